The Kier molecular flexibility index (Phi) is 11.5. The van der Waals surface area contributed by atoms with Gasteiger partial charge in [-0.05, 0) is 107 Å². The van der Waals surface area contributed by atoms with Gasteiger partial charge in [0.15, 0.2) is 0 Å². The van der Waals surface area contributed by atoms with Gasteiger partial charge in [0.25, 0.3) is 0 Å². The first kappa shape index (κ1) is 40.8. The predicted octanol–water partition coefficient (Wildman–Crippen LogP) is 7.81. The van der Waals surface area contributed by atoms with Gasteiger partial charge in [0.1, 0.15) is 23.9 Å². The summed E-state index contributed by atoms with van der Waals surface area (Å²) in [6.07, 6.45) is 1.31. The van der Waals surface area contributed by atoms with Crippen LogP contribution in [0.5, 0.6) is 0 Å². The maximum absolute atomic E-state index is 13.7. The summed E-state index contributed by atoms with van der Waals surface area (Å²) in [5.41, 5.74) is 7.80. The van der Waals surface area contributed by atoms with Crippen molar-refractivity contribution >= 4 is 50.9 Å². The standard InChI is InChI=1S/C46H54N8O6/c1-25(2)39(51-45(57)59-5)43(55)53-19-7-9-37(53)41-47-33-17-15-31(23-35(33)49-41)29-13-11-28-22-30(14-12-27(28)21-29)32-16-18-34-36(24-32)50-42(48-34)38-10-8-20-54(38)44(56)40(26(3)4)52-46(58)60-6/h11-18,21-26,37-40,43,55H,7-10,19-20H2,1-6H3,(H,47,49)(H,48,50)(H,51,57)(H,52,58)/t37-,38-,39-,40-,43?/m0/s1. The minimum absolute atomic E-state index is 0.00871. The molecule has 0 saturated carbocycles. The Bertz CT molecular complexity index is 2550. The molecule has 314 valence electrons. The van der Waals surface area contributed by atoms with Crippen molar-refractivity contribution in [3.05, 3.63) is 84.4 Å². The van der Waals surface area contributed by atoms with E-state index in [2.05, 4.69) is 81.3 Å². The molecule has 2 aliphatic heterocycles. The number of aliphatic hydroxyl groups excluding tert-OH is 1. The number of aromatic nitrogens is 4. The van der Waals surface area contributed by atoms with Gasteiger partial charge in [-0.25, -0.2) is 19.6 Å². The summed E-state index contributed by atoms with van der Waals surface area (Å²) in [6, 6.07) is 23.9. The fourth-order valence-corrected chi connectivity index (χ4v) is 8.92. The van der Waals surface area contributed by atoms with E-state index < -0.39 is 30.5 Å². The van der Waals surface area contributed by atoms with E-state index in [1.54, 1.807) is 0 Å². The van der Waals surface area contributed by atoms with Gasteiger partial charge >= 0.3 is 12.2 Å². The molecule has 0 radical (unpaired) electrons. The quantitative estimate of drug-likeness (QED) is 0.0873. The number of hydrogen-bond donors (Lipinski definition) is 5. The van der Waals surface area contributed by atoms with E-state index in [1.807, 2.05) is 49.6 Å². The number of H-pyrrole nitrogens is 2. The molecule has 14 heteroatoms. The molecule has 2 fully saturated rings. The second kappa shape index (κ2) is 16.9. The highest BCUT2D eigenvalue weighted by Gasteiger charge is 2.39. The molecule has 4 heterocycles. The summed E-state index contributed by atoms with van der Waals surface area (Å²) in [4.78, 5) is 58.5. The lowest BCUT2D eigenvalue weighted by molar-refractivity contribution is -0.135. The van der Waals surface area contributed by atoms with Crippen LogP contribution >= 0.6 is 0 Å². The summed E-state index contributed by atoms with van der Waals surface area (Å²) in [6.45, 7) is 9.05. The molecule has 2 saturated heterocycles. The van der Waals surface area contributed by atoms with Crippen molar-refractivity contribution in [2.75, 3.05) is 27.3 Å². The Morgan fingerprint density at radius 2 is 1.18 bits per heavy atom. The zero-order valence-electron chi connectivity index (χ0n) is 35.0. The van der Waals surface area contributed by atoms with Crippen LogP contribution in [0.15, 0.2) is 72.8 Å². The summed E-state index contributed by atoms with van der Waals surface area (Å²) in [5, 5.41) is 19.2. The van der Waals surface area contributed by atoms with Crippen LogP contribution in [0.4, 0.5) is 9.59 Å². The second-order valence-electron chi connectivity index (χ2n) is 16.7. The number of likely N-dealkylation sites (tertiary alicyclic amines) is 2. The number of nitrogens with zero attached hydrogens (tertiary/aromatic N) is 4. The molecule has 0 spiro atoms. The molecule has 14 nitrogen and oxygen atoms in total. The average Bonchev–Trinajstić information content (AvgIpc) is 4.08. The van der Waals surface area contributed by atoms with Gasteiger partial charge in [-0.15, -0.1) is 0 Å². The van der Waals surface area contributed by atoms with Crippen LogP contribution in [-0.4, -0.2) is 98.6 Å². The molecule has 1 unspecified atom stereocenters. The molecular formula is C46H54N8O6. The van der Waals surface area contributed by atoms with Gasteiger partial charge in [-0.1, -0.05) is 64.1 Å². The van der Waals surface area contributed by atoms with E-state index in [-0.39, 0.29) is 29.8 Å². The molecule has 60 heavy (non-hydrogen) atoms. The van der Waals surface area contributed by atoms with Crippen LogP contribution < -0.4 is 10.6 Å². The molecule has 0 bridgehead atoms. The van der Waals surface area contributed by atoms with Gasteiger partial charge in [-0.2, -0.15) is 0 Å². The number of imidazole rings is 2. The highest BCUT2D eigenvalue weighted by atomic mass is 16.5. The number of ether oxygens (including phenoxy) is 2. The van der Waals surface area contributed by atoms with Gasteiger partial charge in [0.05, 0.1) is 54.4 Å². The Labute approximate surface area is 349 Å². The van der Waals surface area contributed by atoms with E-state index in [0.717, 1.165) is 92.4 Å². The van der Waals surface area contributed by atoms with Crippen molar-refractivity contribution in [3.63, 3.8) is 0 Å². The number of benzene rings is 4. The lowest BCUT2D eigenvalue weighted by Gasteiger charge is -2.35. The number of amides is 3. The highest BCUT2D eigenvalue weighted by molar-refractivity contribution is 5.93. The average molecular weight is 815 g/mol. The van der Waals surface area contributed by atoms with Crippen LogP contribution in [0.1, 0.15) is 77.1 Å². The highest BCUT2D eigenvalue weighted by Crippen LogP contribution is 2.37. The third-order valence-corrected chi connectivity index (χ3v) is 12.2. The van der Waals surface area contributed by atoms with E-state index in [9.17, 15) is 19.5 Å². The second-order valence-corrected chi connectivity index (χ2v) is 16.7. The zero-order valence-corrected chi connectivity index (χ0v) is 35.0. The van der Waals surface area contributed by atoms with E-state index in [4.69, 9.17) is 19.4 Å². The van der Waals surface area contributed by atoms with Gasteiger partial charge in [0.2, 0.25) is 5.91 Å². The number of rotatable bonds is 11. The third-order valence-electron chi connectivity index (χ3n) is 12.2. The number of aromatic amines is 2. The van der Waals surface area contributed by atoms with Crippen LogP contribution in [-0.2, 0) is 14.3 Å². The molecule has 3 amide bonds. The molecule has 0 aliphatic carbocycles. The maximum Gasteiger partial charge on any atom is 0.407 e. The summed E-state index contributed by atoms with van der Waals surface area (Å²) < 4.78 is 9.61. The van der Waals surface area contributed by atoms with Gasteiger partial charge < -0.3 is 40.1 Å². The molecule has 8 rings (SSSR count). The third kappa shape index (κ3) is 8.01. The smallest absolute Gasteiger partial charge is 0.407 e. The number of methoxy groups -OCH3 is 2. The SMILES string of the molecule is COC(=O)N[C@@H](C(C)C)C(O)N1CCC[C@H]1c1nc2ccc(-c3ccc4cc(-c5ccc6nc([C@@H]7CCCN7C(=O)[C@@H](NC(=O)OC)C(C)C)[nH]c6c5)ccc4c3)cc2[nH]1. The lowest BCUT2D eigenvalue weighted by Crippen LogP contribution is -2.54. The number of nitrogens with one attached hydrogen (secondary N) is 4. The van der Waals surface area contributed by atoms with Crippen molar-refractivity contribution in [1.82, 2.24) is 40.4 Å². The Balaban J connectivity index is 0.992. The first-order valence-corrected chi connectivity index (χ1v) is 20.9. The van der Waals surface area contributed by atoms with Crippen molar-refractivity contribution in [2.24, 2.45) is 11.8 Å². The molecule has 6 aromatic rings. The fourth-order valence-electron chi connectivity index (χ4n) is 8.92. The molecule has 4 aromatic carbocycles. The number of fused-ring (bicyclic) bond motifs is 3. The normalized spacial score (nSPS) is 18.7. The largest absolute Gasteiger partial charge is 0.453 e. The van der Waals surface area contributed by atoms with Gasteiger partial charge in [-0.3, -0.25) is 9.69 Å². The minimum atomic E-state index is -0.894. The van der Waals surface area contributed by atoms with Crippen LogP contribution in [0.2, 0.25) is 0 Å². The van der Waals surface area contributed by atoms with Crippen LogP contribution in [0, 0.1) is 11.8 Å². The van der Waals surface area contributed by atoms with E-state index in [1.165, 1.54) is 14.2 Å². The number of alkyl carbamates (subject to hydrolysis) is 2. The predicted molar refractivity (Wildman–Crippen MR) is 231 cm³/mol. The summed E-state index contributed by atoms with van der Waals surface area (Å²) in [7, 11) is 2.62. The molecule has 2 aromatic heterocycles. The fraction of sp³-hybridized carbons (Fsp3) is 0.413. The zero-order chi connectivity index (χ0) is 42.2. The molecular weight excluding hydrogens is 761 g/mol. The van der Waals surface area contributed by atoms with E-state index in [0.29, 0.717) is 13.1 Å². The van der Waals surface area contributed by atoms with Crippen molar-refractivity contribution < 1.29 is 29.0 Å². The molecule has 5 atom stereocenters. The first-order chi connectivity index (χ1) is 28.9. The maximum atomic E-state index is 13.7. The number of aliphatic hydroxyl groups is 1. The summed E-state index contributed by atoms with van der Waals surface area (Å²) >= 11 is 0. The van der Waals surface area contributed by atoms with Crippen molar-refractivity contribution in [1.29, 1.82) is 0 Å². The lowest BCUT2D eigenvalue weighted by atomic mass is 9.97. The Hall–Kier alpha value is -5.99. The summed E-state index contributed by atoms with van der Waals surface area (Å²) in [5.74, 6) is 1.30. The number of hydrogen-bond acceptors (Lipinski definition) is 9. The van der Waals surface area contributed by atoms with Gasteiger partial charge in [0, 0.05) is 13.1 Å². The molecule has 2 aliphatic rings. The van der Waals surface area contributed by atoms with Crippen molar-refractivity contribution in [3.8, 4) is 22.3 Å². The van der Waals surface area contributed by atoms with E-state index >= 15 is 0 Å². The topological polar surface area (TPSA) is 178 Å². The first-order valence-electron chi connectivity index (χ1n) is 20.9. The monoisotopic (exact) mass is 814 g/mol. The molecule has 5 N–H and O–H groups in total. The Morgan fingerprint density at radius 3 is 1.73 bits per heavy atom. The van der Waals surface area contributed by atoms with Crippen LogP contribution in [0.25, 0.3) is 55.1 Å². The number of carbonyl (C=O) groups excluding carboxylic acids is 3. The number of carbonyl (C=O) groups is 3. The minimum Gasteiger partial charge on any atom is -0.453 e. The van der Waals surface area contributed by atoms with Crippen molar-refractivity contribution in [2.45, 2.75) is 83.8 Å². The van der Waals surface area contributed by atoms with Crippen LogP contribution in [0.3, 0.4) is 0 Å². The Morgan fingerprint density at radius 1 is 0.683 bits per heavy atom.